The highest BCUT2D eigenvalue weighted by molar-refractivity contribution is 5.89. The zero-order valence-corrected chi connectivity index (χ0v) is 15.0. The number of methoxy groups -OCH3 is 2. The Morgan fingerprint density at radius 3 is 2.65 bits per heavy atom. The summed E-state index contributed by atoms with van der Waals surface area (Å²) in [6, 6.07) is 6.73. The van der Waals surface area contributed by atoms with Crippen LogP contribution in [0.25, 0.3) is 0 Å². The maximum absolute atomic E-state index is 12.1. The first-order chi connectivity index (χ1) is 12.7. The lowest BCUT2D eigenvalue weighted by Gasteiger charge is -2.16. The quantitative estimate of drug-likeness (QED) is 0.825. The average molecular weight is 357 g/mol. The number of rotatable bonds is 6. The Bertz CT molecular complexity index is 762. The highest BCUT2D eigenvalue weighted by atomic mass is 16.5. The van der Waals surface area contributed by atoms with Gasteiger partial charge in [-0.05, 0) is 31.0 Å². The van der Waals surface area contributed by atoms with Gasteiger partial charge in [-0.3, -0.25) is 0 Å². The lowest BCUT2D eigenvalue weighted by atomic mass is 10.3. The SMILES string of the molecule is COc1ccc(NC(=O)NCc2nccc(N3CCCC3)n2)cc1OC. The summed E-state index contributed by atoms with van der Waals surface area (Å²) in [5, 5.41) is 5.52. The van der Waals surface area contributed by atoms with E-state index in [1.807, 2.05) is 6.07 Å². The lowest BCUT2D eigenvalue weighted by Crippen LogP contribution is -2.29. The van der Waals surface area contributed by atoms with E-state index in [9.17, 15) is 4.79 Å². The molecule has 138 valence electrons. The summed E-state index contributed by atoms with van der Waals surface area (Å²) in [7, 11) is 3.11. The molecular weight excluding hydrogens is 334 g/mol. The van der Waals surface area contributed by atoms with Gasteiger partial charge in [-0.25, -0.2) is 14.8 Å². The molecule has 1 aromatic heterocycles. The van der Waals surface area contributed by atoms with Crippen LogP contribution in [-0.2, 0) is 6.54 Å². The molecule has 8 nitrogen and oxygen atoms in total. The van der Waals surface area contributed by atoms with Gasteiger partial charge in [0.2, 0.25) is 0 Å². The largest absolute Gasteiger partial charge is 0.493 e. The van der Waals surface area contributed by atoms with Crippen LogP contribution in [-0.4, -0.2) is 43.3 Å². The molecular formula is C18H23N5O3. The predicted octanol–water partition coefficient (Wildman–Crippen LogP) is 2.42. The highest BCUT2D eigenvalue weighted by Gasteiger charge is 2.14. The van der Waals surface area contributed by atoms with Crippen LogP contribution in [0.3, 0.4) is 0 Å². The van der Waals surface area contributed by atoms with Crippen molar-refractivity contribution in [2.45, 2.75) is 19.4 Å². The topological polar surface area (TPSA) is 88.6 Å². The van der Waals surface area contributed by atoms with Crippen molar-refractivity contribution in [3.8, 4) is 11.5 Å². The third-order valence-electron chi connectivity index (χ3n) is 4.17. The van der Waals surface area contributed by atoms with Crippen LogP contribution in [0.15, 0.2) is 30.5 Å². The Balaban J connectivity index is 1.56. The van der Waals surface area contributed by atoms with Gasteiger partial charge in [-0.15, -0.1) is 0 Å². The summed E-state index contributed by atoms with van der Waals surface area (Å²) >= 11 is 0. The molecule has 2 heterocycles. The molecule has 26 heavy (non-hydrogen) atoms. The highest BCUT2D eigenvalue weighted by Crippen LogP contribution is 2.29. The number of ether oxygens (including phenoxy) is 2. The van der Waals surface area contributed by atoms with Crippen LogP contribution in [0, 0.1) is 0 Å². The van der Waals surface area contributed by atoms with Crippen molar-refractivity contribution in [3.05, 3.63) is 36.3 Å². The van der Waals surface area contributed by atoms with Gasteiger partial charge in [-0.2, -0.15) is 0 Å². The first-order valence-electron chi connectivity index (χ1n) is 8.53. The smallest absolute Gasteiger partial charge is 0.319 e. The van der Waals surface area contributed by atoms with Crippen LogP contribution in [0.4, 0.5) is 16.3 Å². The molecule has 0 unspecified atom stereocenters. The first-order valence-corrected chi connectivity index (χ1v) is 8.53. The molecule has 8 heteroatoms. The van der Waals surface area contributed by atoms with E-state index in [0.29, 0.717) is 23.0 Å². The number of anilines is 2. The number of urea groups is 1. The summed E-state index contributed by atoms with van der Waals surface area (Å²) in [6.07, 6.45) is 4.10. The van der Waals surface area contributed by atoms with Crippen molar-refractivity contribution >= 4 is 17.5 Å². The first kappa shape index (κ1) is 17.8. The summed E-state index contributed by atoms with van der Waals surface area (Å²) in [6.45, 7) is 2.29. The van der Waals surface area contributed by atoms with Crippen molar-refractivity contribution < 1.29 is 14.3 Å². The number of carbonyl (C=O) groups excluding carboxylic acids is 1. The van der Waals surface area contributed by atoms with E-state index < -0.39 is 0 Å². The minimum absolute atomic E-state index is 0.251. The third-order valence-corrected chi connectivity index (χ3v) is 4.17. The number of nitrogens with one attached hydrogen (secondary N) is 2. The number of carbonyl (C=O) groups is 1. The molecule has 2 aromatic rings. The van der Waals surface area contributed by atoms with E-state index in [1.54, 1.807) is 38.6 Å². The van der Waals surface area contributed by atoms with E-state index in [1.165, 1.54) is 12.8 Å². The minimum Gasteiger partial charge on any atom is -0.493 e. The molecule has 0 spiro atoms. The zero-order valence-electron chi connectivity index (χ0n) is 15.0. The second-order valence-electron chi connectivity index (χ2n) is 5.90. The summed E-state index contributed by atoms with van der Waals surface area (Å²) in [5.74, 6) is 2.64. The van der Waals surface area contributed by atoms with E-state index in [-0.39, 0.29) is 12.6 Å². The summed E-state index contributed by atoms with van der Waals surface area (Å²) < 4.78 is 10.4. The standard InChI is InChI=1S/C18H23N5O3/c1-25-14-6-5-13(11-15(14)26-2)21-18(24)20-12-16-19-8-7-17(22-16)23-9-3-4-10-23/h5-8,11H,3-4,9-10,12H2,1-2H3,(H2,20,21,24). The predicted molar refractivity (Wildman–Crippen MR) is 98.9 cm³/mol. The Hall–Kier alpha value is -3.03. The number of amides is 2. The van der Waals surface area contributed by atoms with E-state index in [4.69, 9.17) is 9.47 Å². The second kappa shape index (κ2) is 8.37. The number of hydrogen-bond acceptors (Lipinski definition) is 6. The fourth-order valence-electron chi connectivity index (χ4n) is 2.84. The fraction of sp³-hybridized carbons (Fsp3) is 0.389. The van der Waals surface area contributed by atoms with Gasteiger partial charge < -0.3 is 25.0 Å². The monoisotopic (exact) mass is 357 g/mol. The fourth-order valence-corrected chi connectivity index (χ4v) is 2.84. The molecule has 0 atom stereocenters. The van der Waals surface area contributed by atoms with Crippen LogP contribution in [0.5, 0.6) is 11.5 Å². The molecule has 1 fully saturated rings. The van der Waals surface area contributed by atoms with Crippen molar-refractivity contribution in [3.63, 3.8) is 0 Å². The number of hydrogen-bond donors (Lipinski definition) is 2. The van der Waals surface area contributed by atoms with E-state index >= 15 is 0 Å². The Labute approximate surface area is 152 Å². The van der Waals surface area contributed by atoms with Gasteiger partial charge >= 0.3 is 6.03 Å². The number of nitrogens with zero attached hydrogens (tertiary/aromatic N) is 3. The molecule has 2 N–H and O–H groups in total. The number of benzene rings is 1. The summed E-state index contributed by atoms with van der Waals surface area (Å²) in [4.78, 5) is 23.1. The molecule has 1 aliphatic heterocycles. The third kappa shape index (κ3) is 4.33. The van der Waals surface area contributed by atoms with Gasteiger partial charge in [0.25, 0.3) is 0 Å². The van der Waals surface area contributed by atoms with E-state index in [0.717, 1.165) is 18.9 Å². The van der Waals surface area contributed by atoms with Gasteiger partial charge in [0, 0.05) is 31.0 Å². The molecule has 0 aliphatic carbocycles. The van der Waals surface area contributed by atoms with Gasteiger partial charge in [0.15, 0.2) is 11.5 Å². The molecule has 1 saturated heterocycles. The van der Waals surface area contributed by atoms with Crippen LogP contribution >= 0.6 is 0 Å². The number of aromatic nitrogens is 2. The molecule has 0 saturated carbocycles. The maximum Gasteiger partial charge on any atom is 0.319 e. The molecule has 3 rings (SSSR count). The van der Waals surface area contributed by atoms with Crippen LogP contribution in [0.1, 0.15) is 18.7 Å². The van der Waals surface area contributed by atoms with Crippen molar-refractivity contribution in [1.29, 1.82) is 0 Å². The Morgan fingerprint density at radius 1 is 1.15 bits per heavy atom. The second-order valence-corrected chi connectivity index (χ2v) is 5.90. The Kier molecular flexibility index (Phi) is 5.73. The molecule has 2 amide bonds. The van der Waals surface area contributed by atoms with Crippen molar-refractivity contribution in [2.75, 3.05) is 37.5 Å². The molecule has 0 radical (unpaired) electrons. The molecule has 1 aliphatic rings. The average Bonchev–Trinajstić information content (AvgIpc) is 3.21. The normalized spacial score (nSPS) is 13.4. The molecule has 0 bridgehead atoms. The van der Waals surface area contributed by atoms with Crippen LogP contribution < -0.4 is 25.0 Å². The molecule has 1 aromatic carbocycles. The van der Waals surface area contributed by atoms with Crippen molar-refractivity contribution in [2.24, 2.45) is 0 Å². The van der Waals surface area contributed by atoms with Gasteiger partial charge in [0.1, 0.15) is 11.6 Å². The van der Waals surface area contributed by atoms with E-state index in [2.05, 4.69) is 25.5 Å². The maximum atomic E-state index is 12.1. The zero-order chi connectivity index (χ0) is 18.4. The summed E-state index contributed by atoms with van der Waals surface area (Å²) in [5.41, 5.74) is 0.604. The Morgan fingerprint density at radius 2 is 1.92 bits per heavy atom. The minimum atomic E-state index is -0.340. The van der Waals surface area contributed by atoms with Crippen molar-refractivity contribution in [1.82, 2.24) is 15.3 Å². The van der Waals surface area contributed by atoms with Gasteiger partial charge in [-0.1, -0.05) is 0 Å². The lowest BCUT2D eigenvalue weighted by molar-refractivity contribution is 0.251. The van der Waals surface area contributed by atoms with Gasteiger partial charge in [0.05, 0.1) is 20.8 Å². The van der Waals surface area contributed by atoms with Crippen LogP contribution in [0.2, 0.25) is 0 Å².